The fraction of sp³-hybridized carbons (Fsp3) is 0.750. The minimum atomic E-state index is 0.0889. The van der Waals surface area contributed by atoms with E-state index in [1.807, 2.05) is 17.3 Å². The molecule has 3 rings (SSSR count). The first kappa shape index (κ1) is 15.9. The number of nitrogens with zero attached hydrogens (tertiary/aromatic N) is 3. The molecule has 0 saturated carbocycles. The Hall–Kier alpha value is -0.980. The molecule has 122 valence electrons. The zero-order chi connectivity index (χ0) is 15.5. The number of hydrogen-bond acceptors (Lipinski definition) is 5. The van der Waals surface area contributed by atoms with E-state index in [0.29, 0.717) is 17.7 Å². The van der Waals surface area contributed by atoms with E-state index in [1.165, 1.54) is 0 Å². The maximum absolute atomic E-state index is 12.7. The van der Waals surface area contributed by atoms with Gasteiger partial charge in [0.2, 0.25) is 0 Å². The van der Waals surface area contributed by atoms with Gasteiger partial charge in [0, 0.05) is 24.4 Å². The van der Waals surface area contributed by atoms with Gasteiger partial charge in [0.1, 0.15) is 5.69 Å². The van der Waals surface area contributed by atoms with E-state index in [1.54, 1.807) is 11.3 Å². The Morgan fingerprint density at radius 3 is 2.68 bits per heavy atom. The van der Waals surface area contributed by atoms with Gasteiger partial charge in [0.15, 0.2) is 0 Å². The van der Waals surface area contributed by atoms with Crippen molar-refractivity contribution in [1.29, 1.82) is 0 Å². The minimum absolute atomic E-state index is 0.0889. The topological polar surface area (TPSA) is 48.5 Å². The van der Waals surface area contributed by atoms with Crippen LogP contribution in [0.25, 0.3) is 0 Å². The summed E-state index contributed by atoms with van der Waals surface area (Å²) in [5.74, 6) is 0.618. The van der Waals surface area contributed by atoms with E-state index < -0.39 is 0 Å². The van der Waals surface area contributed by atoms with Gasteiger partial charge in [-0.1, -0.05) is 0 Å². The molecule has 0 radical (unpaired) electrons. The number of piperidine rings is 2. The molecule has 22 heavy (non-hydrogen) atoms. The van der Waals surface area contributed by atoms with Crippen molar-refractivity contribution < 1.29 is 4.79 Å². The summed E-state index contributed by atoms with van der Waals surface area (Å²) in [5, 5.41) is 6.47. The molecule has 0 spiro atoms. The van der Waals surface area contributed by atoms with Gasteiger partial charge in [-0.3, -0.25) is 4.79 Å². The first-order valence-electron chi connectivity index (χ1n) is 8.27. The highest BCUT2D eigenvalue weighted by Gasteiger charge is 2.27. The molecule has 0 atom stereocenters. The average molecular weight is 322 g/mol. The van der Waals surface area contributed by atoms with Crippen LogP contribution < -0.4 is 5.32 Å². The number of carbonyl (C=O) groups excluding carboxylic acids is 1. The van der Waals surface area contributed by atoms with E-state index in [4.69, 9.17) is 0 Å². The van der Waals surface area contributed by atoms with Gasteiger partial charge in [-0.25, -0.2) is 4.98 Å². The lowest BCUT2D eigenvalue weighted by atomic mass is 9.99. The highest BCUT2D eigenvalue weighted by atomic mass is 32.1. The third kappa shape index (κ3) is 3.50. The van der Waals surface area contributed by atoms with Crippen molar-refractivity contribution in [2.24, 2.45) is 0 Å². The second-order valence-electron chi connectivity index (χ2n) is 6.55. The van der Waals surface area contributed by atoms with E-state index in [2.05, 4.69) is 22.2 Å². The van der Waals surface area contributed by atoms with Crippen LogP contribution in [-0.2, 0) is 0 Å². The van der Waals surface area contributed by atoms with Crippen molar-refractivity contribution in [3.05, 3.63) is 16.1 Å². The second kappa shape index (κ2) is 7.06. The molecule has 2 aliphatic rings. The van der Waals surface area contributed by atoms with E-state index in [-0.39, 0.29) is 5.91 Å². The maximum Gasteiger partial charge on any atom is 0.273 e. The summed E-state index contributed by atoms with van der Waals surface area (Å²) < 4.78 is 0. The molecule has 1 aromatic rings. The Bertz CT molecular complexity index is 504. The van der Waals surface area contributed by atoms with E-state index in [0.717, 1.165) is 56.9 Å². The number of carbonyl (C=O) groups is 1. The molecule has 0 aromatic carbocycles. The number of likely N-dealkylation sites (tertiary alicyclic amines) is 1. The van der Waals surface area contributed by atoms with Crippen LogP contribution in [0.4, 0.5) is 0 Å². The molecule has 2 aliphatic heterocycles. The van der Waals surface area contributed by atoms with Crippen LogP contribution in [0.15, 0.2) is 5.38 Å². The van der Waals surface area contributed by atoms with Crippen LogP contribution in [0.2, 0.25) is 0 Å². The Balaban J connectivity index is 1.63. The van der Waals surface area contributed by atoms with Crippen molar-refractivity contribution in [2.75, 3.05) is 40.3 Å². The van der Waals surface area contributed by atoms with Gasteiger partial charge >= 0.3 is 0 Å². The summed E-state index contributed by atoms with van der Waals surface area (Å²) in [6.45, 7) is 4.26. The van der Waals surface area contributed by atoms with Crippen molar-refractivity contribution in [3.8, 4) is 0 Å². The summed E-state index contributed by atoms with van der Waals surface area (Å²) in [6.07, 6.45) is 4.38. The smallest absolute Gasteiger partial charge is 0.273 e. The van der Waals surface area contributed by atoms with Gasteiger partial charge in [-0.05, 0) is 58.9 Å². The number of thiazole rings is 1. The zero-order valence-corrected chi connectivity index (χ0v) is 14.4. The number of amides is 1. The minimum Gasteiger partial charge on any atom is -0.337 e. The van der Waals surface area contributed by atoms with Crippen LogP contribution >= 0.6 is 11.3 Å². The lowest BCUT2D eigenvalue weighted by Gasteiger charge is -2.34. The zero-order valence-electron chi connectivity index (χ0n) is 13.5. The highest BCUT2D eigenvalue weighted by molar-refractivity contribution is 7.09. The number of rotatable bonds is 3. The number of hydrogen-bond donors (Lipinski definition) is 1. The molecule has 2 saturated heterocycles. The van der Waals surface area contributed by atoms with Gasteiger partial charge in [-0.15, -0.1) is 11.3 Å². The van der Waals surface area contributed by atoms with E-state index >= 15 is 0 Å². The summed E-state index contributed by atoms with van der Waals surface area (Å²) in [4.78, 5) is 21.6. The Morgan fingerprint density at radius 1 is 1.32 bits per heavy atom. The first-order valence-corrected chi connectivity index (χ1v) is 9.15. The van der Waals surface area contributed by atoms with Crippen LogP contribution in [-0.4, -0.2) is 67.0 Å². The molecule has 1 amide bonds. The number of nitrogens with one attached hydrogen (secondary N) is 1. The van der Waals surface area contributed by atoms with E-state index in [9.17, 15) is 4.79 Å². The average Bonchev–Trinajstić information content (AvgIpc) is 3.05. The van der Waals surface area contributed by atoms with Crippen LogP contribution in [0.3, 0.4) is 0 Å². The Kier molecular flexibility index (Phi) is 5.10. The van der Waals surface area contributed by atoms with Gasteiger partial charge in [-0.2, -0.15) is 0 Å². The predicted molar refractivity (Wildman–Crippen MR) is 89.6 cm³/mol. The van der Waals surface area contributed by atoms with Gasteiger partial charge in [0.25, 0.3) is 5.91 Å². The fourth-order valence-electron chi connectivity index (χ4n) is 3.37. The maximum atomic E-state index is 12.7. The van der Waals surface area contributed by atoms with Gasteiger partial charge < -0.3 is 15.1 Å². The second-order valence-corrected chi connectivity index (χ2v) is 7.44. The van der Waals surface area contributed by atoms with Crippen molar-refractivity contribution in [3.63, 3.8) is 0 Å². The lowest BCUT2D eigenvalue weighted by molar-refractivity contribution is 0.0654. The molecule has 2 fully saturated rings. The standard InChI is InChI=1S/C16H26N4OS/c1-19-9-5-13(6-10-19)20(2)16(21)14-11-22-15(18-14)12-3-7-17-8-4-12/h11-13,17H,3-10H2,1-2H3. The summed E-state index contributed by atoms with van der Waals surface area (Å²) in [5.41, 5.74) is 0.639. The fourth-order valence-corrected chi connectivity index (χ4v) is 4.34. The van der Waals surface area contributed by atoms with Crippen molar-refractivity contribution >= 4 is 17.2 Å². The van der Waals surface area contributed by atoms with Crippen molar-refractivity contribution in [2.45, 2.75) is 37.6 Å². The molecule has 3 heterocycles. The van der Waals surface area contributed by atoms with Crippen LogP contribution in [0, 0.1) is 0 Å². The molecule has 0 bridgehead atoms. The van der Waals surface area contributed by atoms with Crippen LogP contribution in [0.1, 0.15) is 47.1 Å². The third-order valence-corrected chi connectivity index (χ3v) is 5.99. The largest absolute Gasteiger partial charge is 0.337 e. The van der Waals surface area contributed by atoms with Crippen LogP contribution in [0.5, 0.6) is 0 Å². The summed E-state index contributed by atoms with van der Waals surface area (Å²) in [7, 11) is 4.08. The quantitative estimate of drug-likeness (QED) is 0.921. The Labute approximate surface area is 136 Å². The summed E-state index contributed by atoms with van der Waals surface area (Å²) in [6, 6.07) is 0.354. The molecular weight excluding hydrogens is 296 g/mol. The molecule has 1 N–H and O–H groups in total. The summed E-state index contributed by atoms with van der Waals surface area (Å²) >= 11 is 1.65. The normalized spacial score (nSPS) is 21.9. The lowest BCUT2D eigenvalue weighted by Crippen LogP contribution is -2.44. The highest BCUT2D eigenvalue weighted by Crippen LogP contribution is 2.28. The molecule has 5 nitrogen and oxygen atoms in total. The molecule has 0 aliphatic carbocycles. The Morgan fingerprint density at radius 2 is 2.00 bits per heavy atom. The first-order chi connectivity index (χ1) is 10.6. The molecular formula is C16H26N4OS. The molecule has 0 unspecified atom stereocenters. The SMILES string of the molecule is CN1CCC(N(C)C(=O)c2csc(C3CCNCC3)n2)CC1. The van der Waals surface area contributed by atoms with Gasteiger partial charge in [0.05, 0.1) is 5.01 Å². The predicted octanol–water partition coefficient (Wildman–Crippen LogP) is 1.78. The van der Waals surface area contributed by atoms with Crippen molar-refractivity contribution in [1.82, 2.24) is 20.1 Å². The molecule has 1 aromatic heterocycles. The number of aromatic nitrogens is 1. The molecule has 6 heteroatoms. The monoisotopic (exact) mass is 322 g/mol. The third-order valence-electron chi connectivity index (χ3n) is 4.99.